The Hall–Kier alpha value is -2.37. The van der Waals surface area contributed by atoms with Crippen LogP contribution < -0.4 is 5.32 Å². The Kier molecular flexibility index (Phi) is 2.91. The summed E-state index contributed by atoms with van der Waals surface area (Å²) in [6.45, 7) is 5.67. The quantitative estimate of drug-likeness (QED) is 0.774. The summed E-state index contributed by atoms with van der Waals surface area (Å²) in [6, 6.07) is 6.05. The Labute approximate surface area is 111 Å². The summed E-state index contributed by atoms with van der Waals surface area (Å²) in [4.78, 5) is 0. The number of aryl methyl sites for hydroxylation is 2. The van der Waals surface area contributed by atoms with Gasteiger partial charge in [0.1, 0.15) is 0 Å². The molecule has 98 valence electrons. The Bertz CT molecular complexity index is 696. The summed E-state index contributed by atoms with van der Waals surface area (Å²) in [7, 11) is 0. The summed E-state index contributed by atoms with van der Waals surface area (Å²) in [5.41, 5.74) is 3.16. The minimum atomic E-state index is 0.683. The van der Waals surface area contributed by atoms with Crippen molar-refractivity contribution in [3.63, 3.8) is 0 Å². The molecule has 0 aromatic carbocycles. The van der Waals surface area contributed by atoms with Gasteiger partial charge in [-0.1, -0.05) is 0 Å². The highest BCUT2D eigenvalue weighted by Crippen LogP contribution is 2.11. The Morgan fingerprint density at radius 1 is 1.26 bits per heavy atom. The van der Waals surface area contributed by atoms with Crippen LogP contribution in [-0.4, -0.2) is 24.4 Å². The van der Waals surface area contributed by atoms with Crippen LogP contribution in [0.3, 0.4) is 0 Å². The summed E-state index contributed by atoms with van der Waals surface area (Å²) < 4.78 is 3.90. The first-order chi connectivity index (χ1) is 9.28. The van der Waals surface area contributed by atoms with Crippen LogP contribution in [0.4, 0.5) is 5.95 Å². The minimum Gasteiger partial charge on any atom is -0.348 e. The standard InChI is InChI=1S/C13H16N6/c1-3-19-11(4-6-15-19)9-14-13-17-16-12-8-10(2)5-7-18(12)13/h4-8H,3,9H2,1-2H3,(H,14,17). The largest absolute Gasteiger partial charge is 0.348 e. The molecule has 0 fully saturated rings. The summed E-state index contributed by atoms with van der Waals surface area (Å²) in [5, 5.41) is 15.8. The molecule has 6 nitrogen and oxygen atoms in total. The van der Waals surface area contributed by atoms with Gasteiger partial charge in [-0.15, -0.1) is 10.2 Å². The van der Waals surface area contributed by atoms with E-state index >= 15 is 0 Å². The fourth-order valence-electron chi connectivity index (χ4n) is 2.08. The van der Waals surface area contributed by atoms with E-state index in [4.69, 9.17) is 0 Å². The summed E-state index contributed by atoms with van der Waals surface area (Å²) in [5.74, 6) is 0.749. The number of pyridine rings is 1. The van der Waals surface area contributed by atoms with E-state index in [2.05, 4.69) is 27.5 Å². The van der Waals surface area contributed by atoms with Gasteiger partial charge in [0.2, 0.25) is 5.95 Å². The topological polar surface area (TPSA) is 60.0 Å². The van der Waals surface area contributed by atoms with E-state index in [0.717, 1.165) is 23.8 Å². The maximum absolute atomic E-state index is 4.24. The zero-order valence-corrected chi connectivity index (χ0v) is 11.0. The van der Waals surface area contributed by atoms with Crippen LogP contribution in [0.5, 0.6) is 0 Å². The van der Waals surface area contributed by atoms with Crippen molar-refractivity contribution in [3.8, 4) is 0 Å². The monoisotopic (exact) mass is 256 g/mol. The predicted molar refractivity (Wildman–Crippen MR) is 73.0 cm³/mol. The van der Waals surface area contributed by atoms with Gasteiger partial charge in [0.05, 0.1) is 12.2 Å². The highest BCUT2D eigenvalue weighted by Gasteiger charge is 2.06. The number of rotatable bonds is 4. The van der Waals surface area contributed by atoms with Gasteiger partial charge in [0.15, 0.2) is 5.65 Å². The third kappa shape index (κ3) is 2.16. The number of fused-ring (bicyclic) bond motifs is 1. The maximum Gasteiger partial charge on any atom is 0.229 e. The highest BCUT2D eigenvalue weighted by atomic mass is 15.3. The van der Waals surface area contributed by atoms with Gasteiger partial charge in [-0.2, -0.15) is 5.10 Å². The van der Waals surface area contributed by atoms with Crippen molar-refractivity contribution >= 4 is 11.6 Å². The molecular formula is C13H16N6. The number of nitrogens with zero attached hydrogens (tertiary/aromatic N) is 5. The lowest BCUT2D eigenvalue weighted by Gasteiger charge is -2.06. The smallest absolute Gasteiger partial charge is 0.229 e. The number of anilines is 1. The SMILES string of the molecule is CCn1nccc1CNc1nnc2cc(C)ccn12. The zero-order valence-electron chi connectivity index (χ0n) is 11.0. The molecule has 0 amide bonds. The molecular weight excluding hydrogens is 240 g/mol. The van der Waals surface area contributed by atoms with Crippen LogP contribution in [0.1, 0.15) is 18.2 Å². The Morgan fingerprint density at radius 3 is 3.00 bits per heavy atom. The normalized spacial score (nSPS) is 11.1. The van der Waals surface area contributed by atoms with E-state index in [1.165, 1.54) is 5.56 Å². The van der Waals surface area contributed by atoms with Gasteiger partial charge < -0.3 is 5.32 Å². The average molecular weight is 256 g/mol. The number of nitrogens with one attached hydrogen (secondary N) is 1. The number of hydrogen-bond donors (Lipinski definition) is 1. The van der Waals surface area contributed by atoms with E-state index in [1.54, 1.807) is 0 Å². The fraction of sp³-hybridized carbons (Fsp3) is 0.308. The molecule has 3 aromatic heterocycles. The molecule has 0 saturated carbocycles. The van der Waals surface area contributed by atoms with Gasteiger partial charge in [-0.3, -0.25) is 9.08 Å². The molecule has 3 aromatic rings. The second-order valence-electron chi connectivity index (χ2n) is 4.45. The second kappa shape index (κ2) is 4.72. The Morgan fingerprint density at radius 2 is 2.16 bits per heavy atom. The molecule has 0 bridgehead atoms. The molecule has 0 atom stereocenters. The molecule has 0 unspecified atom stereocenters. The number of aromatic nitrogens is 5. The number of hydrogen-bond acceptors (Lipinski definition) is 4. The summed E-state index contributed by atoms with van der Waals surface area (Å²) in [6.07, 6.45) is 3.79. The Balaban J connectivity index is 1.82. The average Bonchev–Trinajstić information content (AvgIpc) is 3.01. The highest BCUT2D eigenvalue weighted by molar-refractivity contribution is 5.46. The van der Waals surface area contributed by atoms with Crippen LogP contribution in [0.15, 0.2) is 30.6 Å². The van der Waals surface area contributed by atoms with Crippen molar-refractivity contribution in [3.05, 3.63) is 41.9 Å². The van der Waals surface area contributed by atoms with Crippen molar-refractivity contribution < 1.29 is 0 Å². The van der Waals surface area contributed by atoms with Crippen molar-refractivity contribution in [1.29, 1.82) is 0 Å². The zero-order chi connectivity index (χ0) is 13.2. The van der Waals surface area contributed by atoms with Crippen molar-refractivity contribution in [1.82, 2.24) is 24.4 Å². The first-order valence-electron chi connectivity index (χ1n) is 6.34. The summed E-state index contributed by atoms with van der Waals surface area (Å²) >= 11 is 0. The molecule has 0 radical (unpaired) electrons. The van der Waals surface area contributed by atoms with E-state index in [9.17, 15) is 0 Å². The molecule has 3 heterocycles. The van der Waals surface area contributed by atoms with E-state index in [-0.39, 0.29) is 0 Å². The molecule has 0 aliphatic carbocycles. The van der Waals surface area contributed by atoms with Crippen molar-refractivity contribution in [2.24, 2.45) is 0 Å². The van der Waals surface area contributed by atoms with Gasteiger partial charge in [-0.25, -0.2) is 0 Å². The van der Waals surface area contributed by atoms with Gasteiger partial charge in [0, 0.05) is 18.9 Å². The first kappa shape index (κ1) is 11.7. The fourth-order valence-corrected chi connectivity index (χ4v) is 2.08. The molecule has 1 N–H and O–H groups in total. The molecule has 6 heteroatoms. The van der Waals surface area contributed by atoms with Gasteiger partial charge in [-0.05, 0) is 37.6 Å². The van der Waals surface area contributed by atoms with Crippen LogP contribution in [0.25, 0.3) is 5.65 Å². The predicted octanol–water partition coefficient (Wildman–Crippen LogP) is 1.87. The first-order valence-corrected chi connectivity index (χ1v) is 6.34. The van der Waals surface area contributed by atoms with Crippen molar-refractivity contribution in [2.75, 3.05) is 5.32 Å². The van der Waals surface area contributed by atoms with E-state index in [1.807, 2.05) is 46.6 Å². The maximum atomic E-state index is 4.24. The van der Waals surface area contributed by atoms with Crippen molar-refractivity contribution in [2.45, 2.75) is 26.9 Å². The molecule has 0 saturated heterocycles. The molecule has 19 heavy (non-hydrogen) atoms. The third-order valence-corrected chi connectivity index (χ3v) is 3.10. The molecule has 0 aliphatic heterocycles. The van der Waals surface area contributed by atoms with E-state index in [0.29, 0.717) is 6.54 Å². The third-order valence-electron chi connectivity index (χ3n) is 3.10. The molecule has 0 spiro atoms. The van der Waals surface area contributed by atoms with Crippen LogP contribution in [0.2, 0.25) is 0 Å². The van der Waals surface area contributed by atoms with Gasteiger partial charge in [0.25, 0.3) is 0 Å². The molecule has 3 rings (SSSR count). The van der Waals surface area contributed by atoms with Crippen LogP contribution in [-0.2, 0) is 13.1 Å². The van der Waals surface area contributed by atoms with Gasteiger partial charge >= 0.3 is 0 Å². The molecule has 0 aliphatic rings. The minimum absolute atomic E-state index is 0.683. The lowest BCUT2D eigenvalue weighted by atomic mass is 10.3. The van der Waals surface area contributed by atoms with Crippen LogP contribution in [0, 0.1) is 6.92 Å². The lowest BCUT2D eigenvalue weighted by molar-refractivity contribution is 0.627. The second-order valence-corrected chi connectivity index (χ2v) is 4.45. The van der Waals surface area contributed by atoms with E-state index < -0.39 is 0 Å². The lowest BCUT2D eigenvalue weighted by Crippen LogP contribution is -2.09. The van der Waals surface area contributed by atoms with Crippen LogP contribution >= 0.6 is 0 Å².